The van der Waals surface area contributed by atoms with Crippen molar-refractivity contribution in [3.63, 3.8) is 0 Å². The van der Waals surface area contributed by atoms with Crippen molar-refractivity contribution >= 4 is 27.9 Å². The van der Waals surface area contributed by atoms with Gasteiger partial charge in [-0.25, -0.2) is 0 Å². The molecule has 0 amide bonds. The van der Waals surface area contributed by atoms with Crippen molar-refractivity contribution in [3.8, 4) is 0 Å². The first kappa shape index (κ1) is 6.09. The molecule has 1 N–H and O–H groups in total. The third-order valence-electron chi connectivity index (χ3n) is 1.54. The van der Waals surface area contributed by atoms with Gasteiger partial charge in [-0.1, -0.05) is 0 Å². The molecule has 0 bridgehead atoms. The van der Waals surface area contributed by atoms with E-state index in [9.17, 15) is 0 Å². The van der Waals surface area contributed by atoms with E-state index in [4.69, 9.17) is 0 Å². The molecule has 0 spiro atoms. The van der Waals surface area contributed by atoms with Gasteiger partial charge in [-0.05, 0) is 0 Å². The number of rotatable bonds is 0. The first-order valence-electron chi connectivity index (χ1n) is 3.10. The molecular weight excluding hydrogens is 97.1 g/mol. The van der Waals surface area contributed by atoms with Crippen LogP contribution in [-0.4, -0.2) is 41.0 Å². The third-order valence-corrected chi connectivity index (χ3v) is 2.53. The van der Waals surface area contributed by atoms with E-state index in [1.807, 2.05) is 0 Å². The maximum absolute atomic E-state index is 3.37. The molecule has 1 heterocycles. The quantitative estimate of drug-likeness (QED) is 0.440. The zero-order valence-electron chi connectivity index (χ0n) is 4.91. The van der Waals surface area contributed by atoms with Crippen LogP contribution in [0.25, 0.3) is 0 Å². The minimum absolute atomic E-state index is 1.06. The third kappa shape index (κ3) is 2.13. The molecule has 36 valence electrons. The summed E-state index contributed by atoms with van der Waals surface area (Å²) in [6, 6.07) is 0. The van der Waals surface area contributed by atoms with Crippen molar-refractivity contribution in [2.75, 3.05) is 13.1 Å². The molecule has 1 rings (SSSR count). The van der Waals surface area contributed by atoms with Gasteiger partial charge in [-0.2, -0.15) is 0 Å². The van der Waals surface area contributed by atoms with Crippen LogP contribution >= 0.6 is 0 Å². The first-order valence-corrected chi connectivity index (χ1v) is 4.26. The van der Waals surface area contributed by atoms with Crippen molar-refractivity contribution in [2.45, 2.75) is 16.0 Å². The zero-order valence-corrected chi connectivity index (χ0v) is 6.91. The molecule has 0 saturated carbocycles. The molecule has 0 aliphatic carbocycles. The van der Waals surface area contributed by atoms with Crippen molar-refractivity contribution < 1.29 is 0 Å². The van der Waals surface area contributed by atoms with Crippen LogP contribution in [0.2, 0.25) is 3.17 Å². The minimum atomic E-state index is 1.06. The Morgan fingerprint density at radius 3 is 2.71 bits per heavy atom. The van der Waals surface area contributed by atoms with E-state index < -0.39 is 0 Å². The summed E-state index contributed by atoms with van der Waals surface area (Å²) >= 11 is 1.39. The molecule has 1 unspecified atom stereocenters. The number of hydrogen-bond donors (Lipinski definition) is 1. The molecule has 2 heteroatoms. The Kier molecular flexibility index (Phi) is 2.68. The molecular formula is C5H10NNa. The van der Waals surface area contributed by atoms with Gasteiger partial charge in [0, 0.05) is 0 Å². The predicted molar refractivity (Wildman–Crippen MR) is 31.6 cm³/mol. The van der Waals surface area contributed by atoms with Gasteiger partial charge in [-0.3, -0.25) is 0 Å². The van der Waals surface area contributed by atoms with Gasteiger partial charge in [0.2, 0.25) is 0 Å². The first-order chi connectivity index (χ1) is 3.39. The van der Waals surface area contributed by atoms with Gasteiger partial charge < -0.3 is 0 Å². The summed E-state index contributed by atoms with van der Waals surface area (Å²) in [4.78, 5) is 0. The molecule has 1 aliphatic heterocycles. The Morgan fingerprint density at radius 1 is 1.57 bits per heavy atom. The monoisotopic (exact) mass is 107 g/mol. The van der Waals surface area contributed by atoms with Gasteiger partial charge in [0.1, 0.15) is 0 Å². The molecule has 1 saturated heterocycles. The summed E-state index contributed by atoms with van der Waals surface area (Å²) in [7, 11) is 0. The van der Waals surface area contributed by atoms with Crippen molar-refractivity contribution in [2.24, 2.45) is 0 Å². The van der Waals surface area contributed by atoms with Crippen LogP contribution in [-0.2, 0) is 0 Å². The summed E-state index contributed by atoms with van der Waals surface area (Å²) in [5, 5.41) is 3.37. The van der Waals surface area contributed by atoms with Gasteiger partial charge in [0.25, 0.3) is 0 Å². The maximum atomic E-state index is 3.37. The Balaban J connectivity index is 2.12. The summed E-state index contributed by atoms with van der Waals surface area (Å²) in [5.74, 6) is 0. The summed E-state index contributed by atoms with van der Waals surface area (Å²) in [6.07, 6.45) is 2.90. The van der Waals surface area contributed by atoms with Crippen LogP contribution in [0, 0.1) is 0 Å². The van der Waals surface area contributed by atoms with Crippen LogP contribution in [0.5, 0.6) is 0 Å². The number of piperidine rings is 1. The molecule has 0 aromatic heterocycles. The van der Waals surface area contributed by atoms with E-state index in [1.54, 1.807) is 0 Å². The molecule has 0 aromatic rings. The second-order valence-corrected chi connectivity index (χ2v) is 4.08. The van der Waals surface area contributed by atoms with Crippen molar-refractivity contribution in [3.05, 3.63) is 0 Å². The Bertz CT molecular complexity index is 50.0. The fourth-order valence-electron chi connectivity index (χ4n) is 1.03. The average Bonchev–Trinajstić information content (AvgIpc) is 1.69. The standard InChI is InChI=1S/C5H10N.Na/c1-2-4-6-5-3-1;/h2,6H,1,3-5H2;. The van der Waals surface area contributed by atoms with Gasteiger partial charge in [-0.15, -0.1) is 0 Å². The van der Waals surface area contributed by atoms with Crippen molar-refractivity contribution in [1.82, 2.24) is 5.32 Å². The van der Waals surface area contributed by atoms with E-state index in [1.165, 1.54) is 53.9 Å². The Hall–Kier alpha value is 0.960. The fourth-order valence-corrected chi connectivity index (χ4v) is 1.72. The van der Waals surface area contributed by atoms with E-state index >= 15 is 0 Å². The molecule has 1 nitrogen and oxygen atoms in total. The fraction of sp³-hybridized carbons (Fsp3) is 1.00. The van der Waals surface area contributed by atoms with Crippen LogP contribution < -0.4 is 5.32 Å². The second kappa shape index (κ2) is 3.08. The number of nitrogens with one attached hydrogen (secondary N) is 1. The van der Waals surface area contributed by atoms with Gasteiger partial charge in [0.15, 0.2) is 0 Å². The Labute approximate surface area is 62.3 Å². The predicted octanol–water partition coefficient (Wildman–Crippen LogP) is 0.327. The van der Waals surface area contributed by atoms with E-state index in [2.05, 4.69) is 5.32 Å². The van der Waals surface area contributed by atoms with Gasteiger partial charge >= 0.3 is 62.3 Å². The van der Waals surface area contributed by atoms with Crippen LogP contribution in [0.15, 0.2) is 0 Å². The molecule has 0 radical (unpaired) electrons. The SMILES string of the molecule is [Na][CH]1CCCNC1. The topological polar surface area (TPSA) is 12.0 Å². The van der Waals surface area contributed by atoms with E-state index in [0.717, 1.165) is 3.17 Å². The van der Waals surface area contributed by atoms with Crippen LogP contribution in [0.1, 0.15) is 12.8 Å². The summed E-state index contributed by atoms with van der Waals surface area (Å²) in [6.45, 7) is 2.56. The van der Waals surface area contributed by atoms with Gasteiger partial charge in [0.05, 0.1) is 0 Å². The van der Waals surface area contributed by atoms with E-state index in [-0.39, 0.29) is 0 Å². The summed E-state index contributed by atoms with van der Waals surface area (Å²) in [5.41, 5.74) is 0. The van der Waals surface area contributed by atoms with E-state index in [0.29, 0.717) is 0 Å². The van der Waals surface area contributed by atoms with Crippen LogP contribution in [0.3, 0.4) is 0 Å². The zero-order chi connectivity index (χ0) is 5.11. The van der Waals surface area contributed by atoms with Crippen LogP contribution in [0.4, 0.5) is 0 Å². The average molecular weight is 107 g/mol. The molecule has 7 heavy (non-hydrogen) atoms. The Morgan fingerprint density at radius 2 is 2.43 bits per heavy atom. The molecule has 1 fully saturated rings. The molecule has 1 atom stereocenters. The normalized spacial score (nSPS) is 33.1. The molecule has 0 aromatic carbocycles. The van der Waals surface area contributed by atoms with Crippen molar-refractivity contribution in [1.29, 1.82) is 0 Å². The number of hydrogen-bond acceptors (Lipinski definition) is 1. The summed E-state index contributed by atoms with van der Waals surface area (Å²) < 4.78 is 1.06. The molecule has 1 aliphatic rings. The second-order valence-electron chi connectivity index (χ2n) is 2.45.